The minimum Gasteiger partial charge on any atom is -0.396 e. The summed E-state index contributed by atoms with van der Waals surface area (Å²) in [5, 5.41) is 63.6. The monoisotopic (exact) mass is 759 g/mol. The Morgan fingerprint density at radius 3 is 2.51 bits per heavy atom. The van der Waals surface area contributed by atoms with Crippen molar-refractivity contribution in [2.45, 2.75) is 134 Å². The van der Waals surface area contributed by atoms with Crippen LogP contribution in [-0.2, 0) is 17.6 Å². The van der Waals surface area contributed by atoms with E-state index in [1.807, 2.05) is 39.1 Å². The van der Waals surface area contributed by atoms with Crippen molar-refractivity contribution in [1.82, 2.24) is 10.6 Å². The largest absolute Gasteiger partial charge is 0.396 e. The zero-order chi connectivity index (χ0) is 39.6. The zero-order valence-electron chi connectivity index (χ0n) is 33.8. The molecule has 2 bridgehead atoms. The first-order valence-corrected chi connectivity index (χ1v) is 21.2. The second kappa shape index (κ2) is 20.1. The molecule has 8 nitrogen and oxygen atoms in total. The molecule has 3 fully saturated rings. The molecule has 8 unspecified atom stereocenters. The normalized spacial score (nSPS) is 33.6. The van der Waals surface area contributed by atoms with Crippen LogP contribution in [0.1, 0.15) is 108 Å². The van der Waals surface area contributed by atoms with Gasteiger partial charge in [0, 0.05) is 24.0 Å². The Bertz CT molecular complexity index is 1570. The lowest BCUT2D eigenvalue weighted by atomic mass is 9.51. The number of hydrogen-bond acceptors (Lipinski definition) is 8. The van der Waals surface area contributed by atoms with Gasteiger partial charge < -0.3 is 30.8 Å². The minimum atomic E-state index is -1.18. The van der Waals surface area contributed by atoms with E-state index in [9.17, 15) is 30.3 Å². The summed E-state index contributed by atoms with van der Waals surface area (Å²) in [5.74, 6) is 0.0156. The van der Waals surface area contributed by atoms with Gasteiger partial charge in [0.25, 0.3) is 0 Å². The predicted octanol–water partition coefficient (Wildman–Crippen LogP) is 6.42. The number of aldehydes is 1. The first kappa shape index (κ1) is 43.4. The molecule has 304 valence electrons. The highest BCUT2D eigenvalue weighted by molar-refractivity contribution is 5.74. The Morgan fingerprint density at radius 1 is 1.07 bits per heavy atom. The van der Waals surface area contributed by atoms with Crippen molar-refractivity contribution in [3.8, 4) is 0 Å². The van der Waals surface area contributed by atoms with Gasteiger partial charge >= 0.3 is 0 Å². The summed E-state index contributed by atoms with van der Waals surface area (Å²) >= 11 is 0. The number of allylic oxidation sites excluding steroid dienone is 7. The van der Waals surface area contributed by atoms with Gasteiger partial charge in [-0.3, -0.25) is 10.1 Å². The maximum absolute atomic E-state index is 12.5. The molecule has 1 aromatic rings. The Kier molecular flexibility index (Phi) is 15.9. The predicted molar refractivity (Wildman–Crippen MR) is 221 cm³/mol. The number of rotatable bonds is 13. The van der Waals surface area contributed by atoms with Crippen LogP contribution >= 0.6 is 0 Å². The summed E-state index contributed by atoms with van der Waals surface area (Å²) < 4.78 is 0. The van der Waals surface area contributed by atoms with E-state index in [-0.39, 0.29) is 37.0 Å². The second-order valence-electron chi connectivity index (χ2n) is 17.3. The average molecular weight is 759 g/mol. The van der Waals surface area contributed by atoms with Crippen molar-refractivity contribution in [3.63, 3.8) is 0 Å². The standard InChI is InChI=1S/C47H70N2O6/c1-32(38-19-18-33(2)45(54)49-43(37-14-6-5-7-15-37)29-36-13-9-12-35(27-36)28-38)11-8-16-39(31-52)41-21-23-47(44(41)53)42(17-10-26-50)40(34(3)30-51)20-22-46(47,55)24-25-48-4/h8-9,11-13,16,18,27,30,37-38,41-45,48-50,52-55H,1,5-7,10,14-15,17,19-26,28-29,31H2,2-4H3. The second-order valence-corrected chi connectivity index (χ2v) is 17.3. The SMILES string of the molecule is C=C(C=CC=C(CO)C1CCC2(C(CCCO)C(=C(C)C=O)CCC2(O)CCNC)C1O)C1CC=C(C)C(O)NC(C2CCCCC2)Cc2cccc(c2)C1. The molecule has 8 atom stereocenters. The molecule has 0 amide bonds. The molecule has 7 N–H and O–H groups in total. The smallest absolute Gasteiger partial charge is 0.145 e. The molecular weight excluding hydrogens is 689 g/mol. The molecule has 0 radical (unpaired) electrons. The summed E-state index contributed by atoms with van der Waals surface area (Å²) in [6.45, 7) is 8.66. The lowest BCUT2D eigenvalue weighted by molar-refractivity contribution is -0.180. The highest BCUT2D eigenvalue weighted by atomic mass is 16.3. The molecule has 8 heteroatoms. The molecule has 3 aliphatic carbocycles. The number of nitrogens with one attached hydrogen (secondary N) is 2. The molecule has 1 aliphatic heterocycles. The van der Waals surface area contributed by atoms with Gasteiger partial charge in [-0.1, -0.05) is 85.6 Å². The molecule has 3 saturated carbocycles. The number of hydrogen-bond donors (Lipinski definition) is 7. The van der Waals surface area contributed by atoms with Crippen LogP contribution in [-0.4, -0.2) is 82.6 Å². The van der Waals surface area contributed by atoms with Crippen LogP contribution in [0.2, 0.25) is 0 Å². The fourth-order valence-corrected chi connectivity index (χ4v) is 10.9. The lowest BCUT2D eigenvalue weighted by Crippen LogP contribution is -2.61. The molecule has 5 rings (SSSR count). The molecular formula is C47H70N2O6. The summed E-state index contributed by atoms with van der Waals surface area (Å²) in [5.41, 5.74) is 4.65. The third kappa shape index (κ3) is 9.89. The Balaban J connectivity index is 1.39. The Labute approximate surface area is 330 Å². The number of benzene rings is 1. The fourth-order valence-electron chi connectivity index (χ4n) is 10.9. The number of aliphatic hydroxyl groups is 5. The van der Waals surface area contributed by atoms with E-state index >= 15 is 0 Å². The van der Waals surface area contributed by atoms with E-state index in [1.165, 1.54) is 43.2 Å². The number of fused-ring (bicyclic) bond motifs is 2. The third-order valence-corrected chi connectivity index (χ3v) is 14.1. The molecule has 0 aromatic heterocycles. The first-order valence-electron chi connectivity index (χ1n) is 21.2. The average Bonchev–Trinajstić information content (AvgIpc) is 3.54. The van der Waals surface area contributed by atoms with Crippen LogP contribution in [0, 0.1) is 29.1 Å². The highest BCUT2D eigenvalue weighted by Gasteiger charge is 2.65. The molecule has 55 heavy (non-hydrogen) atoms. The van der Waals surface area contributed by atoms with Crippen LogP contribution in [0.5, 0.6) is 0 Å². The topological polar surface area (TPSA) is 142 Å². The van der Waals surface area contributed by atoms with Gasteiger partial charge in [0.2, 0.25) is 0 Å². The van der Waals surface area contributed by atoms with Crippen LogP contribution in [0.25, 0.3) is 0 Å². The van der Waals surface area contributed by atoms with Crippen molar-refractivity contribution in [2.75, 3.05) is 26.8 Å². The van der Waals surface area contributed by atoms with Gasteiger partial charge in [0.05, 0.1) is 18.3 Å². The van der Waals surface area contributed by atoms with E-state index in [1.54, 1.807) is 0 Å². The summed E-state index contributed by atoms with van der Waals surface area (Å²) in [4.78, 5) is 12.1. The lowest BCUT2D eigenvalue weighted by Gasteiger charge is -2.57. The first-order chi connectivity index (χ1) is 26.5. The van der Waals surface area contributed by atoms with Crippen LogP contribution in [0.3, 0.4) is 0 Å². The maximum Gasteiger partial charge on any atom is 0.145 e. The number of aliphatic hydroxyl groups excluding tert-OH is 4. The molecule has 1 spiro atoms. The van der Waals surface area contributed by atoms with E-state index in [2.05, 4.69) is 47.6 Å². The molecule has 4 aliphatic rings. The summed E-state index contributed by atoms with van der Waals surface area (Å²) in [6, 6.07) is 9.10. The van der Waals surface area contributed by atoms with Crippen molar-refractivity contribution in [3.05, 3.63) is 94.1 Å². The number of carbonyl (C=O) groups is 1. The zero-order valence-corrected chi connectivity index (χ0v) is 33.8. The summed E-state index contributed by atoms with van der Waals surface area (Å²) in [6.07, 6.45) is 19.6. The van der Waals surface area contributed by atoms with Crippen LogP contribution in [0.4, 0.5) is 0 Å². The number of carbonyl (C=O) groups excluding carboxylic acids is 1. The van der Waals surface area contributed by atoms with Gasteiger partial charge in [-0.05, 0) is 150 Å². The van der Waals surface area contributed by atoms with Crippen molar-refractivity contribution in [2.24, 2.45) is 29.1 Å². The van der Waals surface area contributed by atoms with Crippen LogP contribution < -0.4 is 10.6 Å². The third-order valence-electron chi connectivity index (χ3n) is 14.1. The van der Waals surface area contributed by atoms with E-state index in [0.29, 0.717) is 68.6 Å². The van der Waals surface area contributed by atoms with Crippen LogP contribution in [0.15, 0.2) is 83.0 Å². The minimum absolute atomic E-state index is 0.00885. The van der Waals surface area contributed by atoms with Gasteiger partial charge in [0.1, 0.15) is 12.5 Å². The molecule has 1 aromatic carbocycles. The maximum atomic E-state index is 12.5. The van der Waals surface area contributed by atoms with Crippen molar-refractivity contribution >= 4 is 6.29 Å². The van der Waals surface area contributed by atoms with Gasteiger partial charge in [-0.2, -0.15) is 0 Å². The highest BCUT2D eigenvalue weighted by Crippen LogP contribution is 2.64. The summed E-state index contributed by atoms with van der Waals surface area (Å²) in [7, 11) is 1.86. The molecule has 1 heterocycles. The van der Waals surface area contributed by atoms with E-state index < -0.39 is 23.3 Å². The van der Waals surface area contributed by atoms with Gasteiger partial charge in [-0.25, -0.2) is 0 Å². The fraction of sp³-hybridized carbons (Fsp3) is 0.638. The Hall–Kier alpha value is -2.69. The Morgan fingerprint density at radius 2 is 1.82 bits per heavy atom. The van der Waals surface area contributed by atoms with Crippen molar-refractivity contribution in [1.29, 1.82) is 0 Å². The van der Waals surface area contributed by atoms with Gasteiger partial charge in [0.15, 0.2) is 0 Å². The van der Waals surface area contributed by atoms with Gasteiger partial charge in [-0.15, -0.1) is 0 Å². The van der Waals surface area contributed by atoms with E-state index in [4.69, 9.17) is 0 Å². The van der Waals surface area contributed by atoms with E-state index in [0.717, 1.165) is 42.3 Å². The molecule has 0 saturated heterocycles. The van der Waals surface area contributed by atoms with Crippen molar-refractivity contribution < 1.29 is 30.3 Å². The quantitative estimate of drug-likeness (QED) is 0.0529.